The van der Waals surface area contributed by atoms with Crippen LogP contribution < -0.4 is 5.32 Å². The number of fused-ring (bicyclic) bond motifs is 1. The number of benzene rings is 1. The van der Waals surface area contributed by atoms with Crippen LogP contribution in [0.1, 0.15) is 22.4 Å². The highest BCUT2D eigenvalue weighted by molar-refractivity contribution is 9.10. The summed E-state index contributed by atoms with van der Waals surface area (Å²) in [4.78, 5) is 19.4. The predicted molar refractivity (Wildman–Crippen MR) is 93.6 cm³/mol. The van der Waals surface area contributed by atoms with Crippen molar-refractivity contribution in [1.82, 2.24) is 30.0 Å². The Hall–Kier alpha value is -2.19. The van der Waals surface area contributed by atoms with Crippen LogP contribution in [0.2, 0.25) is 0 Å². The quantitative estimate of drug-likeness (QED) is 0.701. The number of amides is 1. The van der Waals surface area contributed by atoms with E-state index < -0.39 is 0 Å². The average molecular weight is 389 g/mol. The van der Waals surface area contributed by atoms with E-state index in [1.807, 2.05) is 40.9 Å². The lowest BCUT2D eigenvalue weighted by Gasteiger charge is -2.35. The minimum atomic E-state index is -0.106. The van der Waals surface area contributed by atoms with Gasteiger partial charge in [-0.05, 0) is 18.2 Å². The SMILES string of the molecule is Cn1ccnc1C1CNCCN1C(=O)c1n[nH]c2ccc(Br)cc12. The summed E-state index contributed by atoms with van der Waals surface area (Å²) in [5.74, 6) is 0.797. The van der Waals surface area contributed by atoms with Gasteiger partial charge in [0.05, 0.1) is 5.52 Å². The smallest absolute Gasteiger partial charge is 0.275 e. The summed E-state index contributed by atoms with van der Waals surface area (Å²) in [5, 5.41) is 11.4. The molecule has 0 radical (unpaired) electrons. The molecule has 1 amide bonds. The van der Waals surface area contributed by atoms with Crippen LogP contribution in [0.3, 0.4) is 0 Å². The first kappa shape index (κ1) is 15.3. The fraction of sp³-hybridized carbons (Fsp3) is 0.312. The second-order valence-corrected chi connectivity index (χ2v) is 6.79. The maximum atomic E-state index is 13.2. The Morgan fingerprint density at radius 3 is 3.08 bits per heavy atom. The highest BCUT2D eigenvalue weighted by Crippen LogP contribution is 2.26. The van der Waals surface area contributed by atoms with Crippen molar-refractivity contribution < 1.29 is 4.79 Å². The number of hydrogen-bond acceptors (Lipinski definition) is 4. The van der Waals surface area contributed by atoms with Gasteiger partial charge in [-0.1, -0.05) is 15.9 Å². The summed E-state index contributed by atoms with van der Waals surface area (Å²) in [5.41, 5.74) is 1.30. The number of aromatic amines is 1. The largest absolute Gasteiger partial charge is 0.336 e. The first-order valence-corrected chi connectivity index (χ1v) is 8.57. The van der Waals surface area contributed by atoms with Gasteiger partial charge in [0.2, 0.25) is 0 Å². The average Bonchev–Trinajstić information content (AvgIpc) is 3.20. The zero-order chi connectivity index (χ0) is 16.7. The number of nitrogens with zero attached hydrogens (tertiary/aromatic N) is 4. The van der Waals surface area contributed by atoms with E-state index in [1.165, 1.54) is 0 Å². The molecular formula is C16H17BrN6O. The van der Waals surface area contributed by atoms with Crippen LogP contribution in [0, 0.1) is 0 Å². The lowest BCUT2D eigenvalue weighted by molar-refractivity contribution is 0.0616. The third-order valence-corrected chi connectivity index (χ3v) is 4.88. The molecule has 3 heterocycles. The first-order valence-electron chi connectivity index (χ1n) is 7.77. The summed E-state index contributed by atoms with van der Waals surface area (Å²) >= 11 is 3.46. The van der Waals surface area contributed by atoms with Gasteiger partial charge in [0.25, 0.3) is 5.91 Å². The van der Waals surface area contributed by atoms with Gasteiger partial charge in [0, 0.05) is 48.9 Å². The Labute approximate surface area is 147 Å². The number of aromatic nitrogens is 4. The van der Waals surface area contributed by atoms with Gasteiger partial charge in [-0.15, -0.1) is 0 Å². The third-order valence-electron chi connectivity index (χ3n) is 4.39. The monoisotopic (exact) mass is 388 g/mol. The van der Waals surface area contributed by atoms with Gasteiger partial charge in [0.15, 0.2) is 5.69 Å². The highest BCUT2D eigenvalue weighted by atomic mass is 79.9. The molecule has 4 rings (SSSR count). The molecule has 0 aliphatic carbocycles. The minimum Gasteiger partial charge on any atom is -0.336 e. The molecule has 24 heavy (non-hydrogen) atoms. The molecule has 1 unspecified atom stereocenters. The second-order valence-electron chi connectivity index (χ2n) is 5.88. The van der Waals surface area contributed by atoms with Crippen LogP contribution in [0.15, 0.2) is 35.1 Å². The number of carbonyl (C=O) groups is 1. The van der Waals surface area contributed by atoms with Crippen LogP contribution >= 0.6 is 15.9 Å². The molecule has 0 spiro atoms. The van der Waals surface area contributed by atoms with Gasteiger partial charge < -0.3 is 14.8 Å². The summed E-state index contributed by atoms with van der Waals surface area (Å²) in [6.07, 6.45) is 3.65. The van der Waals surface area contributed by atoms with Crippen molar-refractivity contribution in [3.8, 4) is 0 Å². The number of H-pyrrole nitrogens is 1. The number of hydrogen-bond donors (Lipinski definition) is 2. The molecule has 1 aromatic carbocycles. The highest BCUT2D eigenvalue weighted by Gasteiger charge is 2.32. The molecule has 0 saturated carbocycles. The summed E-state index contributed by atoms with van der Waals surface area (Å²) < 4.78 is 2.88. The van der Waals surface area contributed by atoms with Crippen LogP contribution in [0.5, 0.6) is 0 Å². The minimum absolute atomic E-state index is 0.0751. The van der Waals surface area contributed by atoms with Gasteiger partial charge in [-0.2, -0.15) is 5.10 Å². The van der Waals surface area contributed by atoms with Crippen LogP contribution in [0.25, 0.3) is 10.9 Å². The standard InChI is InChI=1S/C16H17BrN6O/c1-22-6-5-19-15(22)13-9-18-4-7-23(13)16(24)14-11-8-10(17)2-3-12(11)20-21-14/h2-3,5-6,8,13,18H,4,7,9H2,1H3,(H,20,21). The molecule has 1 saturated heterocycles. The van der Waals surface area contributed by atoms with E-state index in [0.29, 0.717) is 18.8 Å². The lowest BCUT2D eigenvalue weighted by Crippen LogP contribution is -2.49. The molecule has 3 aromatic rings. The number of carbonyl (C=O) groups excluding carboxylic acids is 1. The molecule has 1 atom stereocenters. The Bertz CT molecular complexity index is 901. The van der Waals surface area contributed by atoms with Crippen molar-refractivity contribution in [2.75, 3.05) is 19.6 Å². The van der Waals surface area contributed by atoms with Crippen molar-refractivity contribution in [2.24, 2.45) is 7.05 Å². The fourth-order valence-electron chi connectivity index (χ4n) is 3.16. The van der Waals surface area contributed by atoms with Crippen molar-refractivity contribution in [1.29, 1.82) is 0 Å². The van der Waals surface area contributed by atoms with Gasteiger partial charge in [-0.3, -0.25) is 9.89 Å². The molecule has 2 N–H and O–H groups in total. The summed E-state index contributed by atoms with van der Waals surface area (Å²) in [6.45, 7) is 2.07. The molecule has 2 aromatic heterocycles. The zero-order valence-electron chi connectivity index (χ0n) is 13.2. The lowest BCUT2D eigenvalue weighted by atomic mass is 10.1. The molecular weight excluding hydrogens is 372 g/mol. The van der Waals surface area contributed by atoms with Crippen LogP contribution in [-0.2, 0) is 7.05 Å². The Morgan fingerprint density at radius 1 is 1.42 bits per heavy atom. The molecule has 0 bridgehead atoms. The molecule has 7 nitrogen and oxygen atoms in total. The number of nitrogens with one attached hydrogen (secondary N) is 2. The molecule has 8 heteroatoms. The Kier molecular flexibility index (Phi) is 3.85. The molecule has 1 fully saturated rings. The van der Waals surface area contributed by atoms with Crippen molar-refractivity contribution in [3.63, 3.8) is 0 Å². The number of piperazine rings is 1. The number of rotatable bonds is 2. The van der Waals surface area contributed by atoms with E-state index >= 15 is 0 Å². The van der Waals surface area contributed by atoms with Crippen LogP contribution in [0.4, 0.5) is 0 Å². The predicted octanol–water partition coefficient (Wildman–Crippen LogP) is 1.85. The maximum Gasteiger partial charge on any atom is 0.275 e. The van der Waals surface area contributed by atoms with E-state index in [4.69, 9.17) is 0 Å². The normalized spacial score (nSPS) is 18.2. The number of imidazole rings is 1. The van der Waals surface area contributed by atoms with Crippen molar-refractivity contribution >= 4 is 32.7 Å². The van der Waals surface area contributed by atoms with E-state index in [9.17, 15) is 4.79 Å². The van der Waals surface area contributed by atoms with Crippen LogP contribution in [-0.4, -0.2) is 50.2 Å². The van der Waals surface area contributed by atoms with Gasteiger partial charge >= 0.3 is 0 Å². The van der Waals surface area contributed by atoms with Crippen molar-refractivity contribution in [3.05, 3.63) is 46.6 Å². The summed E-state index contributed by atoms with van der Waals surface area (Å²) in [6, 6.07) is 5.66. The maximum absolute atomic E-state index is 13.2. The van der Waals surface area contributed by atoms with Crippen molar-refractivity contribution in [2.45, 2.75) is 6.04 Å². The second kappa shape index (κ2) is 6.03. The first-order chi connectivity index (χ1) is 11.6. The molecule has 1 aliphatic heterocycles. The fourth-order valence-corrected chi connectivity index (χ4v) is 3.52. The van der Waals surface area contributed by atoms with E-state index in [1.54, 1.807) is 6.20 Å². The van der Waals surface area contributed by atoms with E-state index in [-0.39, 0.29) is 11.9 Å². The van der Waals surface area contributed by atoms with E-state index in [2.05, 4.69) is 36.4 Å². The van der Waals surface area contributed by atoms with E-state index in [0.717, 1.165) is 27.7 Å². The topological polar surface area (TPSA) is 78.8 Å². The van der Waals surface area contributed by atoms with Gasteiger partial charge in [-0.25, -0.2) is 4.98 Å². The number of aryl methyl sites for hydroxylation is 1. The summed E-state index contributed by atoms with van der Waals surface area (Å²) in [7, 11) is 1.95. The van der Waals surface area contributed by atoms with Gasteiger partial charge in [0.1, 0.15) is 11.9 Å². The zero-order valence-corrected chi connectivity index (χ0v) is 14.7. The molecule has 124 valence electrons. The Balaban J connectivity index is 1.73. The molecule has 1 aliphatic rings. The third kappa shape index (κ3) is 2.51. The number of halogens is 1. The Morgan fingerprint density at radius 2 is 2.29 bits per heavy atom.